The number of hydrogen-bond acceptors (Lipinski definition) is 6. The molecular weight excluding hydrogens is 568 g/mol. The van der Waals surface area contributed by atoms with Crippen molar-refractivity contribution in [2.45, 2.75) is 38.8 Å². The van der Waals surface area contributed by atoms with E-state index < -0.39 is 33.4 Å². The minimum atomic E-state index is -4.06. The molecule has 0 aromatic heterocycles. The highest BCUT2D eigenvalue weighted by Gasteiger charge is 2.33. The zero-order valence-corrected chi connectivity index (χ0v) is 24.5. The second-order valence-corrected chi connectivity index (χ2v) is 11.8. The summed E-state index contributed by atoms with van der Waals surface area (Å²) in [4.78, 5) is 39.6. The summed E-state index contributed by atoms with van der Waals surface area (Å²) >= 11 is 6.43. The number of unbranched alkanes of at least 4 members (excludes halogenated alkanes) is 1. The number of carbonyl (C=O) groups excluding carboxylic acids is 2. The van der Waals surface area contributed by atoms with E-state index in [0.29, 0.717) is 17.1 Å². The molecule has 0 saturated heterocycles. The third kappa shape index (κ3) is 9.02. The molecule has 3 rings (SSSR count). The van der Waals surface area contributed by atoms with Crippen molar-refractivity contribution < 1.29 is 22.9 Å². The Hall–Kier alpha value is -3.96. The van der Waals surface area contributed by atoms with Gasteiger partial charge in [0, 0.05) is 36.7 Å². The first-order valence-corrected chi connectivity index (χ1v) is 15.3. The van der Waals surface area contributed by atoms with Gasteiger partial charge in [0.25, 0.3) is 5.69 Å². The lowest BCUT2D eigenvalue weighted by Gasteiger charge is -2.33. The maximum absolute atomic E-state index is 14.0. The number of nitrogens with zero attached hydrogens (tertiary/aromatic N) is 3. The Morgan fingerprint density at radius 1 is 1.02 bits per heavy atom. The van der Waals surface area contributed by atoms with Crippen LogP contribution in [0.3, 0.4) is 0 Å². The van der Waals surface area contributed by atoms with Gasteiger partial charge in [-0.25, -0.2) is 8.42 Å². The van der Waals surface area contributed by atoms with E-state index >= 15 is 0 Å². The molecule has 10 nitrogen and oxygen atoms in total. The molecule has 41 heavy (non-hydrogen) atoms. The Kier molecular flexibility index (Phi) is 11.2. The number of hydrogen-bond donors (Lipinski definition) is 1. The lowest BCUT2D eigenvalue weighted by atomic mass is 10.0. The van der Waals surface area contributed by atoms with Gasteiger partial charge in [-0.2, -0.15) is 0 Å². The number of carbonyl (C=O) groups is 2. The summed E-state index contributed by atoms with van der Waals surface area (Å²) in [6.07, 6.45) is 2.69. The number of nitro groups is 1. The van der Waals surface area contributed by atoms with Gasteiger partial charge in [0.1, 0.15) is 12.6 Å². The quantitative estimate of drug-likeness (QED) is 0.164. The van der Waals surface area contributed by atoms with Crippen LogP contribution in [0.25, 0.3) is 0 Å². The molecule has 3 aromatic carbocycles. The van der Waals surface area contributed by atoms with Gasteiger partial charge >= 0.3 is 0 Å². The first-order valence-electron chi connectivity index (χ1n) is 13.1. The average molecular weight is 601 g/mol. The van der Waals surface area contributed by atoms with Crippen LogP contribution in [0.4, 0.5) is 11.4 Å². The van der Waals surface area contributed by atoms with Gasteiger partial charge in [-0.3, -0.25) is 24.0 Å². The summed E-state index contributed by atoms with van der Waals surface area (Å²) < 4.78 is 26.5. The predicted octanol–water partition coefficient (Wildman–Crippen LogP) is 4.57. The lowest BCUT2D eigenvalue weighted by molar-refractivity contribution is -0.384. The maximum Gasteiger partial charge on any atom is 0.271 e. The molecule has 0 radical (unpaired) electrons. The van der Waals surface area contributed by atoms with Crippen LogP contribution >= 0.6 is 11.6 Å². The SMILES string of the molecule is CCCCNC(=O)C(Cc1ccccc1)N(Cc1ccccc1Cl)C(=O)CN(c1cccc([N+](=O)[O-])c1)S(C)(=O)=O. The molecule has 12 heteroatoms. The number of non-ortho nitro benzene ring substituents is 1. The maximum atomic E-state index is 14.0. The van der Waals surface area contributed by atoms with Gasteiger partial charge in [-0.05, 0) is 29.7 Å². The molecule has 0 aliphatic carbocycles. The Balaban J connectivity index is 2.06. The average Bonchev–Trinajstić information content (AvgIpc) is 2.94. The number of nitrogens with one attached hydrogen (secondary N) is 1. The molecule has 218 valence electrons. The fraction of sp³-hybridized carbons (Fsp3) is 0.310. The molecule has 3 aromatic rings. The van der Waals surface area contributed by atoms with Crippen LogP contribution < -0.4 is 9.62 Å². The highest BCUT2D eigenvalue weighted by Crippen LogP contribution is 2.25. The van der Waals surface area contributed by atoms with Crippen molar-refractivity contribution in [3.8, 4) is 0 Å². The van der Waals surface area contributed by atoms with Gasteiger partial charge in [-0.1, -0.05) is 79.5 Å². The van der Waals surface area contributed by atoms with Gasteiger partial charge in [0.2, 0.25) is 21.8 Å². The summed E-state index contributed by atoms with van der Waals surface area (Å²) in [5.41, 5.74) is 1.01. The lowest BCUT2D eigenvalue weighted by Crippen LogP contribution is -2.53. The molecule has 2 amide bonds. The second-order valence-electron chi connectivity index (χ2n) is 9.51. The molecule has 0 aliphatic heterocycles. The topological polar surface area (TPSA) is 130 Å². The Morgan fingerprint density at radius 3 is 2.34 bits per heavy atom. The summed E-state index contributed by atoms with van der Waals surface area (Å²) in [6, 6.07) is 20.1. The van der Waals surface area contributed by atoms with Crippen molar-refractivity contribution >= 4 is 44.8 Å². The van der Waals surface area contributed by atoms with E-state index in [0.717, 1.165) is 35.0 Å². The summed E-state index contributed by atoms with van der Waals surface area (Å²) in [7, 11) is -4.06. The third-order valence-corrected chi connectivity index (χ3v) is 7.92. The molecule has 0 spiro atoms. The monoisotopic (exact) mass is 600 g/mol. The standard InChI is InChI=1S/C29H33ClN4O6S/c1-3-4-17-31-29(36)27(18-22-11-6-5-7-12-22)32(20-23-13-8-9-16-26(23)30)28(35)21-33(41(2,39)40)24-14-10-15-25(19-24)34(37)38/h5-16,19,27H,3-4,17-18,20-21H2,1-2H3,(H,31,36). The van der Waals surface area contributed by atoms with Crippen molar-refractivity contribution in [3.05, 3.63) is 105 Å². The van der Waals surface area contributed by atoms with Crippen molar-refractivity contribution in [2.75, 3.05) is 23.7 Å². The van der Waals surface area contributed by atoms with Gasteiger partial charge in [0.15, 0.2) is 0 Å². The molecule has 0 heterocycles. The fourth-order valence-corrected chi connectivity index (χ4v) is 5.28. The molecular formula is C29H33ClN4O6S. The van der Waals surface area contributed by atoms with E-state index in [-0.39, 0.29) is 30.2 Å². The van der Waals surface area contributed by atoms with Crippen LogP contribution in [0.5, 0.6) is 0 Å². The minimum Gasteiger partial charge on any atom is -0.354 e. The van der Waals surface area contributed by atoms with Crippen LogP contribution in [0, 0.1) is 10.1 Å². The molecule has 0 aliphatic rings. The Labute approximate surface area is 245 Å². The smallest absolute Gasteiger partial charge is 0.271 e. The molecule has 0 bridgehead atoms. The number of benzene rings is 3. The Morgan fingerprint density at radius 2 is 1.71 bits per heavy atom. The number of rotatable bonds is 14. The van der Waals surface area contributed by atoms with Crippen LogP contribution in [0.2, 0.25) is 5.02 Å². The van der Waals surface area contributed by atoms with Crippen molar-refractivity contribution in [2.24, 2.45) is 0 Å². The van der Waals surface area contributed by atoms with Crippen LogP contribution in [0.15, 0.2) is 78.9 Å². The van der Waals surface area contributed by atoms with Crippen LogP contribution in [-0.4, -0.2) is 55.4 Å². The normalized spacial score (nSPS) is 11.9. The summed E-state index contributed by atoms with van der Waals surface area (Å²) in [5.74, 6) is -1.06. The highest BCUT2D eigenvalue weighted by atomic mass is 35.5. The zero-order valence-electron chi connectivity index (χ0n) is 22.9. The van der Waals surface area contributed by atoms with E-state index in [4.69, 9.17) is 11.6 Å². The first-order chi connectivity index (χ1) is 19.5. The molecule has 0 saturated carbocycles. The first kappa shape index (κ1) is 31.6. The summed E-state index contributed by atoms with van der Waals surface area (Å²) in [6.45, 7) is 1.66. The zero-order chi connectivity index (χ0) is 30.0. The number of amides is 2. The number of sulfonamides is 1. The third-order valence-electron chi connectivity index (χ3n) is 6.41. The second kappa shape index (κ2) is 14.6. The van der Waals surface area contributed by atoms with Gasteiger partial charge in [0.05, 0.1) is 16.9 Å². The van der Waals surface area contributed by atoms with Gasteiger partial charge < -0.3 is 10.2 Å². The van der Waals surface area contributed by atoms with Crippen LogP contribution in [0.1, 0.15) is 30.9 Å². The van der Waals surface area contributed by atoms with E-state index in [1.54, 1.807) is 24.3 Å². The van der Waals surface area contributed by atoms with E-state index in [9.17, 15) is 28.1 Å². The highest BCUT2D eigenvalue weighted by molar-refractivity contribution is 7.92. The molecule has 0 fully saturated rings. The van der Waals surface area contributed by atoms with Crippen LogP contribution in [-0.2, 0) is 32.6 Å². The van der Waals surface area contributed by atoms with Gasteiger partial charge in [-0.15, -0.1) is 0 Å². The number of nitro benzene ring substituents is 1. The largest absolute Gasteiger partial charge is 0.354 e. The Bertz CT molecular complexity index is 1470. The molecule has 1 unspecified atom stereocenters. The fourth-order valence-electron chi connectivity index (χ4n) is 4.25. The molecule has 1 N–H and O–H groups in total. The van der Waals surface area contributed by atoms with Crippen molar-refractivity contribution in [3.63, 3.8) is 0 Å². The number of halogens is 1. The van der Waals surface area contributed by atoms with Crippen molar-refractivity contribution in [1.29, 1.82) is 0 Å². The van der Waals surface area contributed by atoms with Crippen molar-refractivity contribution in [1.82, 2.24) is 10.2 Å². The minimum absolute atomic E-state index is 0.0419. The van der Waals surface area contributed by atoms with E-state index in [2.05, 4.69) is 5.32 Å². The van der Waals surface area contributed by atoms with E-state index in [1.165, 1.54) is 23.1 Å². The number of anilines is 1. The van der Waals surface area contributed by atoms with E-state index in [1.807, 2.05) is 37.3 Å². The summed E-state index contributed by atoms with van der Waals surface area (Å²) in [5, 5.41) is 14.6. The molecule has 1 atom stereocenters. The predicted molar refractivity (Wildman–Crippen MR) is 159 cm³/mol.